The van der Waals surface area contributed by atoms with E-state index in [2.05, 4.69) is 17.5 Å². The van der Waals surface area contributed by atoms with Crippen molar-refractivity contribution in [1.29, 1.82) is 0 Å². The van der Waals surface area contributed by atoms with Gasteiger partial charge in [0.2, 0.25) is 0 Å². The molecule has 1 aliphatic heterocycles. The third-order valence-electron chi connectivity index (χ3n) is 1.91. The van der Waals surface area contributed by atoms with Crippen molar-refractivity contribution in [3.05, 3.63) is 24.4 Å². The molecule has 0 amide bonds. The quantitative estimate of drug-likeness (QED) is 0.675. The van der Waals surface area contributed by atoms with Gasteiger partial charge in [-0.25, -0.2) is 0 Å². The highest BCUT2D eigenvalue weighted by Gasteiger charge is 2.12. The molecule has 1 rings (SSSR count). The van der Waals surface area contributed by atoms with Crippen molar-refractivity contribution < 1.29 is 4.84 Å². The van der Waals surface area contributed by atoms with Crippen LogP contribution in [0, 0.1) is 0 Å². The van der Waals surface area contributed by atoms with Gasteiger partial charge in [-0.15, -0.1) is 0 Å². The zero-order valence-electron chi connectivity index (χ0n) is 7.66. The summed E-state index contributed by atoms with van der Waals surface area (Å²) in [4.78, 5) is 5.17. The molecule has 0 radical (unpaired) electrons. The maximum absolute atomic E-state index is 5.17. The van der Waals surface area contributed by atoms with Crippen LogP contribution in [0.25, 0.3) is 0 Å². The van der Waals surface area contributed by atoms with Crippen LogP contribution >= 0.6 is 0 Å². The highest BCUT2D eigenvalue weighted by molar-refractivity contribution is 5.11. The first kappa shape index (κ1) is 9.29. The van der Waals surface area contributed by atoms with Crippen molar-refractivity contribution >= 4 is 0 Å². The average Bonchev–Trinajstić information content (AvgIpc) is 2.15. The molecule has 68 valence electrons. The highest BCUT2D eigenvalue weighted by Crippen LogP contribution is 2.10. The Labute approximate surface area is 73.7 Å². The molecule has 0 spiro atoms. The summed E-state index contributed by atoms with van der Waals surface area (Å²) >= 11 is 0. The minimum atomic E-state index is 0.368. The largest absolute Gasteiger partial charge is 0.320 e. The van der Waals surface area contributed by atoms with Crippen LogP contribution in [0.5, 0.6) is 0 Å². The Balaban J connectivity index is 2.39. The van der Waals surface area contributed by atoms with Gasteiger partial charge in [0.05, 0.1) is 13.2 Å². The zero-order chi connectivity index (χ0) is 8.81. The van der Waals surface area contributed by atoms with E-state index in [1.807, 2.05) is 24.4 Å². The predicted molar refractivity (Wildman–Crippen MR) is 49.5 cm³/mol. The third kappa shape index (κ3) is 2.36. The smallest absolute Gasteiger partial charge is 0.0754 e. The van der Waals surface area contributed by atoms with Gasteiger partial charge < -0.3 is 5.32 Å². The molecular weight excluding hydrogens is 152 g/mol. The molecular formula is C9H16N2O. The van der Waals surface area contributed by atoms with Crippen molar-refractivity contribution in [3.63, 3.8) is 0 Å². The molecule has 12 heavy (non-hydrogen) atoms. The van der Waals surface area contributed by atoms with Gasteiger partial charge >= 0.3 is 0 Å². The van der Waals surface area contributed by atoms with Crippen molar-refractivity contribution in [1.82, 2.24) is 10.4 Å². The highest BCUT2D eigenvalue weighted by atomic mass is 16.7. The van der Waals surface area contributed by atoms with E-state index in [1.54, 1.807) is 7.11 Å². The first-order valence-corrected chi connectivity index (χ1v) is 4.20. The molecule has 1 atom stereocenters. The first-order chi connectivity index (χ1) is 5.88. The van der Waals surface area contributed by atoms with Crippen LogP contribution < -0.4 is 5.32 Å². The summed E-state index contributed by atoms with van der Waals surface area (Å²) < 4.78 is 0. The van der Waals surface area contributed by atoms with Gasteiger partial charge in [-0.1, -0.05) is 12.2 Å². The topological polar surface area (TPSA) is 24.5 Å². The Morgan fingerprint density at radius 1 is 1.50 bits per heavy atom. The van der Waals surface area contributed by atoms with Gasteiger partial charge in [0.1, 0.15) is 0 Å². The van der Waals surface area contributed by atoms with Gasteiger partial charge in [0.25, 0.3) is 0 Å². The van der Waals surface area contributed by atoms with Crippen LogP contribution in [-0.2, 0) is 4.84 Å². The number of nitrogens with zero attached hydrogens (tertiary/aromatic N) is 1. The van der Waals surface area contributed by atoms with Crippen LogP contribution in [0.15, 0.2) is 24.4 Å². The first-order valence-electron chi connectivity index (χ1n) is 4.20. The van der Waals surface area contributed by atoms with E-state index in [9.17, 15) is 0 Å². The summed E-state index contributed by atoms with van der Waals surface area (Å²) in [6, 6.07) is 0.368. The van der Waals surface area contributed by atoms with Crippen LogP contribution in [0.1, 0.15) is 6.42 Å². The maximum atomic E-state index is 5.17. The Bertz CT molecular complexity index is 177. The molecule has 0 bridgehead atoms. The summed E-state index contributed by atoms with van der Waals surface area (Å²) in [6.45, 7) is 1.00. The molecule has 0 aromatic heterocycles. The fraction of sp³-hybridized carbons (Fsp3) is 0.556. The molecule has 1 unspecified atom stereocenters. The molecule has 1 heterocycles. The van der Waals surface area contributed by atoms with Gasteiger partial charge in [-0.05, 0) is 26.1 Å². The number of hydrogen-bond donors (Lipinski definition) is 1. The number of hydrogen-bond acceptors (Lipinski definition) is 3. The Morgan fingerprint density at radius 2 is 2.33 bits per heavy atom. The third-order valence-corrected chi connectivity index (χ3v) is 1.91. The second kappa shape index (κ2) is 4.95. The second-order valence-electron chi connectivity index (χ2n) is 2.73. The number of hydroxylamine groups is 2. The van der Waals surface area contributed by atoms with Crippen LogP contribution in [-0.4, -0.2) is 31.8 Å². The standard InChI is InChI=1S/C9H16N2O/c1-10-7-6-9-5-3-4-8-11(9)12-2/h3-5,8-10H,6-7H2,1-2H3. The minimum Gasteiger partial charge on any atom is -0.320 e. The second-order valence-corrected chi connectivity index (χ2v) is 2.73. The van der Waals surface area contributed by atoms with E-state index in [4.69, 9.17) is 4.84 Å². The van der Waals surface area contributed by atoms with Crippen LogP contribution in [0.3, 0.4) is 0 Å². The zero-order valence-corrected chi connectivity index (χ0v) is 7.66. The van der Waals surface area contributed by atoms with Gasteiger partial charge in [0.15, 0.2) is 0 Å². The van der Waals surface area contributed by atoms with Gasteiger partial charge in [-0.2, -0.15) is 0 Å². The van der Waals surface area contributed by atoms with Gasteiger partial charge in [0, 0.05) is 6.20 Å². The van der Waals surface area contributed by atoms with Crippen LogP contribution in [0.4, 0.5) is 0 Å². The molecule has 0 aliphatic carbocycles. The normalized spacial score (nSPS) is 21.8. The summed E-state index contributed by atoms with van der Waals surface area (Å²) in [5.74, 6) is 0. The lowest BCUT2D eigenvalue weighted by Gasteiger charge is -2.27. The van der Waals surface area contributed by atoms with Crippen molar-refractivity contribution in [2.45, 2.75) is 12.5 Å². The summed E-state index contributed by atoms with van der Waals surface area (Å²) in [5, 5.41) is 4.98. The molecule has 1 N–H and O–H groups in total. The lowest BCUT2D eigenvalue weighted by molar-refractivity contribution is -0.110. The molecule has 0 saturated heterocycles. The average molecular weight is 168 g/mol. The summed E-state index contributed by atoms with van der Waals surface area (Å²) in [6.07, 6.45) is 9.17. The predicted octanol–water partition coefficient (Wildman–Crippen LogP) is 0.911. The molecule has 3 nitrogen and oxygen atoms in total. The fourth-order valence-electron chi connectivity index (χ4n) is 1.23. The van der Waals surface area contributed by atoms with E-state index in [-0.39, 0.29) is 0 Å². The Kier molecular flexibility index (Phi) is 3.84. The summed E-state index contributed by atoms with van der Waals surface area (Å²) in [5.41, 5.74) is 0. The fourth-order valence-corrected chi connectivity index (χ4v) is 1.23. The van der Waals surface area contributed by atoms with Crippen molar-refractivity contribution in [2.24, 2.45) is 0 Å². The minimum absolute atomic E-state index is 0.368. The molecule has 0 aromatic rings. The SMILES string of the molecule is CNCCC1C=CC=CN1OC. The molecule has 1 aliphatic rings. The molecule has 0 aromatic carbocycles. The van der Waals surface area contributed by atoms with Gasteiger partial charge in [-0.3, -0.25) is 9.90 Å². The Hall–Kier alpha value is -0.800. The van der Waals surface area contributed by atoms with E-state index >= 15 is 0 Å². The monoisotopic (exact) mass is 168 g/mol. The van der Waals surface area contributed by atoms with E-state index < -0.39 is 0 Å². The molecule has 0 saturated carbocycles. The van der Waals surface area contributed by atoms with E-state index in [0.717, 1.165) is 13.0 Å². The number of nitrogens with one attached hydrogen (secondary N) is 1. The number of rotatable bonds is 4. The van der Waals surface area contributed by atoms with Crippen LogP contribution in [0.2, 0.25) is 0 Å². The van der Waals surface area contributed by atoms with Crippen molar-refractivity contribution in [3.8, 4) is 0 Å². The lowest BCUT2D eigenvalue weighted by Crippen LogP contribution is -2.32. The summed E-state index contributed by atoms with van der Waals surface area (Å²) in [7, 11) is 3.65. The van der Waals surface area contributed by atoms with Crippen molar-refractivity contribution in [2.75, 3.05) is 20.7 Å². The Morgan fingerprint density at radius 3 is 3.00 bits per heavy atom. The van der Waals surface area contributed by atoms with E-state index in [0.29, 0.717) is 6.04 Å². The lowest BCUT2D eigenvalue weighted by atomic mass is 10.1. The molecule has 3 heteroatoms. The molecule has 0 fully saturated rings. The number of allylic oxidation sites excluding steroid dienone is 2. The maximum Gasteiger partial charge on any atom is 0.0754 e. The van der Waals surface area contributed by atoms with E-state index in [1.165, 1.54) is 0 Å².